The highest BCUT2D eigenvalue weighted by molar-refractivity contribution is 7.51. The van der Waals surface area contributed by atoms with Crippen LogP contribution in [0.15, 0.2) is 6.33 Å². The molecule has 134 valence electrons. The zero-order valence-electron chi connectivity index (χ0n) is 12.1. The number of nitrogens with two attached hydrogens (primary N) is 1. The van der Waals surface area contributed by atoms with Crippen LogP contribution in [0.1, 0.15) is 0 Å². The van der Waals surface area contributed by atoms with E-state index in [2.05, 4.69) is 20.3 Å². The first-order valence-electron chi connectivity index (χ1n) is 6.46. The standard InChI is InChI=1S/C10H14F3N6O4P/c11-10(12,13)3-15-7-6-8(18-9(14)17-7)19(4-16-6)1-2-23-5-24(20,21)22/h4H,1-3,5H2,(H2,20,21,22)(H3,14,15,17,18). The fourth-order valence-electron chi connectivity index (χ4n) is 1.78. The summed E-state index contributed by atoms with van der Waals surface area (Å²) in [6.45, 7) is -1.26. The first-order valence-corrected chi connectivity index (χ1v) is 8.26. The smallest absolute Gasteiger partial charge is 0.368 e. The molecule has 0 atom stereocenters. The number of rotatable bonds is 7. The first-order chi connectivity index (χ1) is 11.1. The van der Waals surface area contributed by atoms with E-state index in [-0.39, 0.29) is 36.1 Å². The van der Waals surface area contributed by atoms with Gasteiger partial charge in [0.15, 0.2) is 17.0 Å². The van der Waals surface area contributed by atoms with E-state index in [0.29, 0.717) is 0 Å². The van der Waals surface area contributed by atoms with Crippen molar-refractivity contribution in [1.29, 1.82) is 0 Å². The van der Waals surface area contributed by atoms with Crippen LogP contribution >= 0.6 is 7.60 Å². The molecule has 2 aromatic rings. The molecule has 0 saturated heterocycles. The van der Waals surface area contributed by atoms with Gasteiger partial charge in [0.25, 0.3) is 0 Å². The second-order valence-electron chi connectivity index (χ2n) is 4.71. The summed E-state index contributed by atoms with van der Waals surface area (Å²) in [6, 6.07) is 0. The molecule has 2 aromatic heterocycles. The van der Waals surface area contributed by atoms with Crippen molar-refractivity contribution in [3.05, 3.63) is 6.33 Å². The fourth-order valence-corrected chi connectivity index (χ4v) is 2.15. The second-order valence-corrected chi connectivity index (χ2v) is 6.30. The molecule has 10 nitrogen and oxygen atoms in total. The third-order valence-corrected chi connectivity index (χ3v) is 3.19. The summed E-state index contributed by atoms with van der Waals surface area (Å²) in [6.07, 6.45) is -3.89. The van der Waals surface area contributed by atoms with Crippen LogP contribution in [0.4, 0.5) is 24.9 Å². The van der Waals surface area contributed by atoms with Crippen LogP contribution in [0.25, 0.3) is 11.2 Å². The number of anilines is 2. The number of nitrogen functional groups attached to an aromatic ring is 1. The van der Waals surface area contributed by atoms with Gasteiger partial charge < -0.3 is 30.1 Å². The summed E-state index contributed by atoms with van der Waals surface area (Å²) in [5, 5.41) is 2.10. The Morgan fingerprint density at radius 1 is 1.38 bits per heavy atom. The van der Waals surface area contributed by atoms with Gasteiger partial charge in [-0.05, 0) is 0 Å². The number of halogens is 3. The lowest BCUT2D eigenvalue weighted by molar-refractivity contribution is -0.115. The predicted molar refractivity (Wildman–Crippen MR) is 77.1 cm³/mol. The van der Waals surface area contributed by atoms with Gasteiger partial charge in [0.05, 0.1) is 12.9 Å². The number of nitrogens with zero attached hydrogens (tertiary/aromatic N) is 4. The van der Waals surface area contributed by atoms with Crippen LogP contribution in [0, 0.1) is 0 Å². The van der Waals surface area contributed by atoms with Crippen molar-refractivity contribution in [2.24, 2.45) is 0 Å². The van der Waals surface area contributed by atoms with Crippen molar-refractivity contribution < 1.29 is 32.3 Å². The fraction of sp³-hybridized carbons (Fsp3) is 0.500. The number of fused-ring (bicyclic) bond motifs is 1. The number of alkyl halides is 3. The Morgan fingerprint density at radius 3 is 2.71 bits per heavy atom. The van der Waals surface area contributed by atoms with Gasteiger partial charge in [0.1, 0.15) is 12.9 Å². The maximum atomic E-state index is 12.3. The Bertz CT molecular complexity index is 761. The number of nitrogens with one attached hydrogen (secondary N) is 1. The SMILES string of the molecule is Nc1nc(NCC(F)(F)F)c2ncn(CCOCP(=O)(O)O)c2n1. The highest BCUT2D eigenvalue weighted by Gasteiger charge is 2.27. The number of ether oxygens (including phenoxy) is 1. The molecule has 0 aliphatic rings. The molecule has 24 heavy (non-hydrogen) atoms. The third-order valence-electron chi connectivity index (χ3n) is 2.67. The summed E-state index contributed by atoms with van der Waals surface area (Å²) in [4.78, 5) is 28.9. The van der Waals surface area contributed by atoms with Crippen LogP contribution in [-0.2, 0) is 15.8 Å². The van der Waals surface area contributed by atoms with E-state index in [1.165, 1.54) is 10.9 Å². The first kappa shape index (κ1) is 18.4. The maximum absolute atomic E-state index is 12.3. The maximum Gasteiger partial charge on any atom is 0.405 e. The molecule has 0 unspecified atom stereocenters. The molecule has 0 aromatic carbocycles. The lowest BCUT2D eigenvalue weighted by Crippen LogP contribution is -2.22. The van der Waals surface area contributed by atoms with Crippen LogP contribution in [0.2, 0.25) is 0 Å². The molecule has 0 bridgehead atoms. The summed E-state index contributed by atoms with van der Waals surface area (Å²) >= 11 is 0. The predicted octanol–water partition coefficient (Wildman–Crippen LogP) is 0.534. The minimum absolute atomic E-state index is 0.0637. The normalized spacial score (nSPS) is 12.7. The molecule has 5 N–H and O–H groups in total. The van der Waals surface area contributed by atoms with Gasteiger partial charge in [-0.25, -0.2) is 4.98 Å². The van der Waals surface area contributed by atoms with Gasteiger partial charge in [-0.3, -0.25) is 4.57 Å². The average Bonchev–Trinajstić information content (AvgIpc) is 2.82. The Balaban J connectivity index is 2.13. The van der Waals surface area contributed by atoms with Crippen LogP contribution in [0.5, 0.6) is 0 Å². The highest BCUT2D eigenvalue weighted by atomic mass is 31.2. The van der Waals surface area contributed by atoms with Crippen molar-refractivity contribution in [2.45, 2.75) is 12.7 Å². The molecule has 0 aliphatic carbocycles. The van der Waals surface area contributed by atoms with E-state index in [0.717, 1.165) is 0 Å². The van der Waals surface area contributed by atoms with Gasteiger partial charge in [-0.2, -0.15) is 23.1 Å². The molecule has 0 amide bonds. The molecule has 0 radical (unpaired) electrons. The van der Waals surface area contributed by atoms with Crippen LogP contribution in [-0.4, -0.2) is 55.0 Å². The van der Waals surface area contributed by atoms with E-state index in [4.69, 9.17) is 20.3 Å². The Morgan fingerprint density at radius 2 is 2.08 bits per heavy atom. The van der Waals surface area contributed by atoms with Crippen molar-refractivity contribution in [1.82, 2.24) is 19.5 Å². The molecule has 2 heterocycles. The van der Waals surface area contributed by atoms with Crippen LogP contribution in [0.3, 0.4) is 0 Å². The van der Waals surface area contributed by atoms with Gasteiger partial charge in [-0.1, -0.05) is 0 Å². The number of hydrogen-bond acceptors (Lipinski definition) is 7. The van der Waals surface area contributed by atoms with Gasteiger partial charge >= 0.3 is 13.8 Å². The molecule has 0 fully saturated rings. The van der Waals surface area contributed by atoms with Crippen molar-refractivity contribution in [3.63, 3.8) is 0 Å². The zero-order valence-corrected chi connectivity index (χ0v) is 13.0. The summed E-state index contributed by atoms with van der Waals surface area (Å²) in [7, 11) is -4.27. The van der Waals surface area contributed by atoms with E-state index in [9.17, 15) is 17.7 Å². The van der Waals surface area contributed by atoms with E-state index in [1.807, 2.05) is 0 Å². The third kappa shape index (κ3) is 5.30. The zero-order chi connectivity index (χ0) is 18.0. The van der Waals surface area contributed by atoms with Crippen molar-refractivity contribution in [3.8, 4) is 0 Å². The Kier molecular flexibility index (Phi) is 5.28. The number of aromatic nitrogens is 4. The Labute approximate surface area is 133 Å². The lowest BCUT2D eigenvalue weighted by Gasteiger charge is -2.10. The van der Waals surface area contributed by atoms with E-state index < -0.39 is 26.7 Å². The summed E-state index contributed by atoms with van der Waals surface area (Å²) in [5.74, 6) is -0.408. The highest BCUT2D eigenvalue weighted by Crippen LogP contribution is 2.33. The minimum Gasteiger partial charge on any atom is -0.368 e. The van der Waals surface area contributed by atoms with E-state index >= 15 is 0 Å². The van der Waals surface area contributed by atoms with Crippen molar-refractivity contribution >= 4 is 30.5 Å². The Hall–Kier alpha value is -1.95. The van der Waals surface area contributed by atoms with E-state index in [1.54, 1.807) is 0 Å². The largest absolute Gasteiger partial charge is 0.405 e. The quantitative estimate of drug-likeness (QED) is 0.404. The molecule has 0 spiro atoms. The summed E-state index contributed by atoms with van der Waals surface area (Å²) < 4.78 is 53.8. The molecule has 0 aliphatic heterocycles. The number of imidazole rings is 1. The topological polar surface area (TPSA) is 148 Å². The molecular weight excluding hydrogens is 356 g/mol. The van der Waals surface area contributed by atoms with Gasteiger partial charge in [0, 0.05) is 6.54 Å². The monoisotopic (exact) mass is 370 g/mol. The molecular formula is C10H14F3N6O4P. The lowest BCUT2D eigenvalue weighted by atomic mass is 10.4. The summed E-state index contributed by atoms with van der Waals surface area (Å²) in [5.41, 5.74) is 5.74. The molecule has 2 rings (SSSR count). The molecule has 14 heteroatoms. The van der Waals surface area contributed by atoms with Crippen LogP contribution < -0.4 is 11.1 Å². The van der Waals surface area contributed by atoms with Gasteiger partial charge in [-0.15, -0.1) is 0 Å². The molecule has 0 saturated carbocycles. The minimum atomic E-state index is -4.44. The number of hydrogen-bond donors (Lipinski definition) is 4. The van der Waals surface area contributed by atoms with Crippen molar-refractivity contribution in [2.75, 3.05) is 30.6 Å². The van der Waals surface area contributed by atoms with Gasteiger partial charge in [0.2, 0.25) is 5.95 Å². The second kappa shape index (κ2) is 6.89. The average molecular weight is 370 g/mol.